The molecule has 2 N–H and O–H groups in total. The minimum absolute atomic E-state index is 0.0228. The SMILES string of the molecule is Cc1ccc(C(=O)CNCCC(=O)O)cc1. The van der Waals surface area contributed by atoms with Gasteiger partial charge in [-0.05, 0) is 6.92 Å². The zero-order chi connectivity index (χ0) is 12.0. The van der Waals surface area contributed by atoms with Crippen molar-refractivity contribution in [1.29, 1.82) is 0 Å². The lowest BCUT2D eigenvalue weighted by atomic mass is 10.1. The number of hydrogen-bond acceptors (Lipinski definition) is 3. The first-order chi connectivity index (χ1) is 7.59. The molecular weight excluding hydrogens is 206 g/mol. The van der Waals surface area contributed by atoms with Gasteiger partial charge < -0.3 is 10.4 Å². The van der Waals surface area contributed by atoms with E-state index in [0.29, 0.717) is 12.1 Å². The van der Waals surface area contributed by atoms with Crippen LogP contribution in [0.1, 0.15) is 22.3 Å². The number of carboxylic acids is 1. The van der Waals surface area contributed by atoms with E-state index in [-0.39, 0.29) is 18.7 Å². The summed E-state index contributed by atoms with van der Waals surface area (Å²) >= 11 is 0. The molecule has 0 amide bonds. The lowest BCUT2D eigenvalue weighted by Gasteiger charge is -2.03. The van der Waals surface area contributed by atoms with E-state index >= 15 is 0 Å². The van der Waals surface area contributed by atoms with Crippen LogP contribution in [0.25, 0.3) is 0 Å². The van der Waals surface area contributed by atoms with Crippen molar-refractivity contribution < 1.29 is 14.7 Å². The van der Waals surface area contributed by atoms with Gasteiger partial charge in [-0.2, -0.15) is 0 Å². The molecule has 1 aromatic rings. The molecule has 0 bridgehead atoms. The molecule has 0 fully saturated rings. The number of ketones is 1. The molecule has 0 aliphatic carbocycles. The van der Waals surface area contributed by atoms with Gasteiger partial charge in [0, 0.05) is 12.1 Å². The third kappa shape index (κ3) is 4.23. The highest BCUT2D eigenvalue weighted by atomic mass is 16.4. The number of benzene rings is 1. The highest BCUT2D eigenvalue weighted by Crippen LogP contribution is 2.03. The van der Waals surface area contributed by atoms with Crippen molar-refractivity contribution in [2.45, 2.75) is 13.3 Å². The Morgan fingerprint density at radius 3 is 2.44 bits per heavy atom. The molecule has 16 heavy (non-hydrogen) atoms. The number of carbonyl (C=O) groups is 2. The van der Waals surface area contributed by atoms with Gasteiger partial charge in [0.15, 0.2) is 5.78 Å². The Labute approximate surface area is 94.3 Å². The molecular formula is C12H15NO3. The molecule has 0 aliphatic rings. The van der Waals surface area contributed by atoms with Crippen molar-refractivity contribution in [2.24, 2.45) is 0 Å². The van der Waals surface area contributed by atoms with Crippen LogP contribution in [-0.2, 0) is 4.79 Å². The van der Waals surface area contributed by atoms with Crippen LogP contribution in [0.4, 0.5) is 0 Å². The molecule has 0 saturated heterocycles. The standard InChI is InChI=1S/C12H15NO3/c1-9-2-4-10(5-3-9)11(14)8-13-7-6-12(15)16/h2-5,13H,6-8H2,1H3,(H,15,16). The predicted octanol–water partition coefficient (Wildman–Crippen LogP) is 1.24. The zero-order valence-electron chi connectivity index (χ0n) is 9.19. The third-order valence-corrected chi connectivity index (χ3v) is 2.17. The zero-order valence-corrected chi connectivity index (χ0v) is 9.19. The topological polar surface area (TPSA) is 66.4 Å². The maximum absolute atomic E-state index is 11.6. The molecule has 0 saturated carbocycles. The van der Waals surface area contributed by atoms with E-state index in [9.17, 15) is 9.59 Å². The van der Waals surface area contributed by atoms with Crippen LogP contribution in [0.15, 0.2) is 24.3 Å². The van der Waals surface area contributed by atoms with E-state index in [1.807, 2.05) is 19.1 Å². The van der Waals surface area contributed by atoms with E-state index in [4.69, 9.17) is 5.11 Å². The number of aliphatic carboxylic acids is 1. The Balaban J connectivity index is 2.35. The lowest BCUT2D eigenvalue weighted by Crippen LogP contribution is -2.25. The summed E-state index contributed by atoms with van der Waals surface area (Å²) in [6.45, 7) is 2.45. The first-order valence-corrected chi connectivity index (χ1v) is 5.12. The van der Waals surface area contributed by atoms with Gasteiger partial charge in [0.05, 0.1) is 13.0 Å². The van der Waals surface area contributed by atoms with Crippen molar-refractivity contribution >= 4 is 11.8 Å². The van der Waals surface area contributed by atoms with Crippen LogP contribution in [0.2, 0.25) is 0 Å². The second kappa shape index (κ2) is 6.02. The summed E-state index contributed by atoms with van der Waals surface area (Å²) in [5.41, 5.74) is 1.75. The maximum atomic E-state index is 11.6. The van der Waals surface area contributed by atoms with Crippen LogP contribution in [0.5, 0.6) is 0 Å². The molecule has 0 aliphatic heterocycles. The summed E-state index contributed by atoms with van der Waals surface area (Å²) in [4.78, 5) is 21.8. The van der Waals surface area contributed by atoms with Crippen LogP contribution < -0.4 is 5.32 Å². The molecule has 4 nitrogen and oxygen atoms in total. The number of carboxylic acid groups (broad SMARTS) is 1. The number of rotatable bonds is 6. The van der Waals surface area contributed by atoms with Gasteiger partial charge in [-0.1, -0.05) is 29.8 Å². The number of hydrogen-bond donors (Lipinski definition) is 2. The van der Waals surface area contributed by atoms with E-state index in [0.717, 1.165) is 5.56 Å². The van der Waals surface area contributed by atoms with Gasteiger partial charge in [0.2, 0.25) is 0 Å². The van der Waals surface area contributed by atoms with Crippen molar-refractivity contribution in [2.75, 3.05) is 13.1 Å². The fraction of sp³-hybridized carbons (Fsp3) is 0.333. The molecule has 86 valence electrons. The van der Waals surface area contributed by atoms with E-state index in [2.05, 4.69) is 5.32 Å². The fourth-order valence-corrected chi connectivity index (χ4v) is 1.24. The molecule has 0 aromatic heterocycles. The number of aryl methyl sites for hydroxylation is 1. The van der Waals surface area contributed by atoms with Crippen molar-refractivity contribution in [3.63, 3.8) is 0 Å². The van der Waals surface area contributed by atoms with Crippen LogP contribution in [0, 0.1) is 6.92 Å². The largest absolute Gasteiger partial charge is 0.481 e. The first-order valence-electron chi connectivity index (χ1n) is 5.12. The summed E-state index contributed by atoms with van der Waals surface area (Å²) in [6.07, 6.45) is 0.0289. The highest BCUT2D eigenvalue weighted by Gasteiger charge is 2.04. The summed E-state index contributed by atoms with van der Waals surface area (Å²) in [5, 5.41) is 11.2. The van der Waals surface area contributed by atoms with Crippen LogP contribution in [-0.4, -0.2) is 29.9 Å². The molecule has 1 aromatic carbocycles. The van der Waals surface area contributed by atoms with Crippen molar-refractivity contribution in [3.8, 4) is 0 Å². The minimum Gasteiger partial charge on any atom is -0.481 e. The maximum Gasteiger partial charge on any atom is 0.304 e. The quantitative estimate of drug-likeness (QED) is 0.560. The average Bonchev–Trinajstić information content (AvgIpc) is 2.25. The summed E-state index contributed by atoms with van der Waals surface area (Å²) in [7, 11) is 0. The predicted molar refractivity (Wildman–Crippen MR) is 60.6 cm³/mol. The average molecular weight is 221 g/mol. The number of Topliss-reactive ketones (excluding diaryl/α,β-unsaturated/α-hetero) is 1. The van der Waals surface area contributed by atoms with E-state index in [1.165, 1.54) is 0 Å². The molecule has 0 heterocycles. The van der Waals surface area contributed by atoms with Gasteiger partial charge in [0.25, 0.3) is 0 Å². The van der Waals surface area contributed by atoms with Crippen LogP contribution >= 0.6 is 0 Å². The van der Waals surface area contributed by atoms with Gasteiger partial charge in [-0.3, -0.25) is 9.59 Å². The third-order valence-electron chi connectivity index (χ3n) is 2.17. The van der Waals surface area contributed by atoms with Gasteiger partial charge in [-0.25, -0.2) is 0 Å². The molecule has 0 unspecified atom stereocenters. The second-order valence-electron chi connectivity index (χ2n) is 3.61. The monoisotopic (exact) mass is 221 g/mol. The number of carbonyl (C=O) groups excluding carboxylic acids is 1. The summed E-state index contributed by atoms with van der Waals surface area (Å²) in [5.74, 6) is -0.888. The lowest BCUT2D eigenvalue weighted by molar-refractivity contribution is -0.136. The Morgan fingerprint density at radius 2 is 1.88 bits per heavy atom. The van der Waals surface area contributed by atoms with Crippen LogP contribution in [0.3, 0.4) is 0 Å². The Kier molecular flexibility index (Phi) is 4.66. The van der Waals surface area contributed by atoms with E-state index in [1.54, 1.807) is 12.1 Å². The smallest absolute Gasteiger partial charge is 0.304 e. The van der Waals surface area contributed by atoms with Gasteiger partial charge >= 0.3 is 5.97 Å². The fourth-order valence-electron chi connectivity index (χ4n) is 1.24. The van der Waals surface area contributed by atoms with Crippen molar-refractivity contribution in [1.82, 2.24) is 5.32 Å². The molecule has 0 radical (unpaired) electrons. The Hall–Kier alpha value is -1.68. The summed E-state index contributed by atoms with van der Waals surface area (Å²) in [6, 6.07) is 7.31. The van der Waals surface area contributed by atoms with Crippen molar-refractivity contribution in [3.05, 3.63) is 35.4 Å². The molecule has 1 rings (SSSR count). The first kappa shape index (κ1) is 12.4. The normalized spacial score (nSPS) is 10.1. The minimum atomic E-state index is -0.865. The summed E-state index contributed by atoms with van der Waals surface area (Å²) < 4.78 is 0. The van der Waals surface area contributed by atoms with Gasteiger partial charge in [0.1, 0.15) is 0 Å². The Morgan fingerprint density at radius 1 is 1.25 bits per heavy atom. The number of nitrogens with one attached hydrogen (secondary N) is 1. The highest BCUT2D eigenvalue weighted by molar-refractivity contribution is 5.97. The molecule has 0 atom stereocenters. The molecule has 4 heteroatoms. The second-order valence-corrected chi connectivity index (χ2v) is 3.61. The van der Waals surface area contributed by atoms with E-state index < -0.39 is 5.97 Å². The molecule has 0 spiro atoms. The van der Waals surface area contributed by atoms with Gasteiger partial charge in [-0.15, -0.1) is 0 Å². The Bertz CT molecular complexity index is 370.